The van der Waals surface area contributed by atoms with Gasteiger partial charge in [0.05, 0.1) is 23.2 Å². The van der Waals surface area contributed by atoms with Crippen LogP contribution in [0.25, 0.3) is 0 Å². The molecule has 1 aromatic carbocycles. The van der Waals surface area contributed by atoms with E-state index in [1.165, 1.54) is 17.8 Å². The number of rotatable bonds is 5. The van der Waals surface area contributed by atoms with Gasteiger partial charge in [0.1, 0.15) is 23.2 Å². The molecule has 1 aromatic heterocycles. The summed E-state index contributed by atoms with van der Waals surface area (Å²) in [5.74, 6) is -0.641. The predicted octanol–water partition coefficient (Wildman–Crippen LogP) is 6.34. The van der Waals surface area contributed by atoms with E-state index in [9.17, 15) is 14.4 Å². The van der Waals surface area contributed by atoms with E-state index in [1.807, 2.05) is 52.8 Å². The molecule has 0 N–H and O–H groups in total. The van der Waals surface area contributed by atoms with Crippen LogP contribution in [-0.2, 0) is 9.47 Å². The number of ether oxygens (including phenoxy) is 2. The Morgan fingerprint density at radius 2 is 2.21 bits per heavy atom. The molecule has 1 amide bonds. The molecule has 0 saturated carbocycles. The molecule has 0 bridgehead atoms. The minimum atomic E-state index is -0.839. The first-order valence-corrected chi connectivity index (χ1v) is 11.8. The number of nitriles is 1. The van der Waals surface area contributed by atoms with Gasteiger partial charge in [0.15, 0.2) is 0 Å². The maximum atomic E-state index is 13.9. The van der Waals surface area contributed by atoms with Crippen molar-refractivity contribution in [2.45, 2.75) is 68.6 Å². The van der Waals surface area contributed by atoms with E-state index in [-0.39, 0.29) is 21.9 Å². The van der Waals surface area contributed by atoms with Crippen LogP contribution < -0.4 is 0 Å². The molecule has 3 rings (SSSR count). The van der Waals surface area contributed by atoms with E-state index >= 15 is 0 Å². The number of halogens is 2. The lowest BCUT2D eigenvalue weighted by molar-refractivity contribution is -0.0626. The van der Waals surface area contributed by atoms with E-state index in [2.05, 4.69) is 4.98 Å². The van der Waals surface area contributed by atoms with Crippen LogP contribution in [0, 0.1) is 17.1 Å². The van der Waals surface area contributed by atoms with Gasteiger partial charge >= 0.3 is 6.09 Å². The summed E-state index contributed by atoms with van der Waals surface area (Å²) in [4.78, 5) is 19.5. The second-order valence-corrected chi connectivity index (χ2v) is 10.9. The van der Waals surface area contributed by atoms with Crippen LogP contribution in [0.2, 0.25) is 5.02 Å². The molecule has 1 fully saturated rings. The number of carbonyl (C=O) groups excluding carboxylic acids is 1. The topological polar surface area (TPSA) is 75.5 Å². The Morgan fingerprint density at radius 3 is 2.82 bits per heavy atom. The molecule has 176 valence electrons. The van der Waals surface area contributed by atoms with E-state index in [1.54, 1.807) is 17.3 Å². The minimum Gasteiger partial charge on any atom is -0.444 e. The number of thioether (sulfide) groups is 1. The number of hydrogen-bond donors (Lipinski definition) is 0. The van der Waals surface area contributed by atoms with Gasteiger partial charge in [-0.05, 0) is 64.8 Å². The Hall–Kier alpha value is -2.34. The summed E-state index contributed by atoms with van der Waals surface area (Å²) < 4.78 is 25.5. The monoisotopic (exact) mass is 491 g/mol. The zero-order valence-corrected chi connectivity index (χ0v) is 20.8. The van der Waals surface area contributed by atoms with E-state index in [4.69, 9.17) is 21.1 Å². The van der Waals surface area contributed by atoms with Gasteiger partial charge in [-0.1, -0.05) is 17.7 Å². The van der Waals surface area contributed by atoms with Crippen molar-refractivity contribution >= 4 is 29.5 Å². The van der Waals surface area contributed by atoms with Gasteiger partial charge in [-0.2, -0.15) is 5.26 Å². The molecule has 9 heteroatoms. The first kappa shape index (κ1) is 25.3. The van der Waals surface area contributed by atoms with Crippen molar-refractivity contribution in [1.82, 2.24) is 9.88 Å². The standard InChI is InChI=1S/C24H27ClFN3O3S/c1-23(2,3)32-22(30)29-17(14-31-24(29,4)5)10-20(15-7-6-8-28-13-15)33-21-11-18(25)19(26)9-16(21)12-27/h6-9,11,13,17,20H,10,14H2,1-5H3/t17-,20+/m0/s1. The number of hydrogen-bond acceptors (Lipinski definition) is 6. The van der Waals surface area contributed by atoms with Gasteiger partial charge in [0, 0.05) is 22.5 Å². The fraction of sp³-hybridized carbons (Fsp3) is 0.458. The Labute approximate surface area is 203 Å². The van der Waals surface area contributed by atoms with Gasteiger partial charge in [-0.3, -0.25) is 9.88 Å². The first-order chi connectivity index (χ1) is 15.4. The molecule has 0 unspecified atom stereocenters. The van der Waals surface area contributed by atoms with Crippen LogP contribution in [0.5, 0.6) is 0 Å². The molecule has 0 radical (unpaired) electrons. The third kappa shape index (κ3) is 6.17. The summed E-state index contributed by atoms with van der Waals surface area (Å²) in [7, 11) is 0. The summed E-state index contributed by atoms with van der Waals surface area (Å²) in [6.45, 7) is 9.45. The average Bonchev–Trinajstić information content (AvgIpc) is 3.03. The largest absolute Gasteiger partial charge is 0.444 e. The Bertz CT molecular complexity index is 1050. The molecule has 6 nitrogen and oxygen atoms in total. The minimum absolute atomic E-state index is 0.0536. The average molecular weight is 492 g/mol. The molecule has 0 aliphatic carbocycles. The molecule has 2 aromatic rings. The molecule has 2 heterocycles. The summed E-state index contributed by atoms with van der Waals surface area (Å²) in [6, 6.07) is 8.11. The van der Waals surface area contributed by atoms with Crippen molar-refractivity contribution in [1.29, 1.82) is 5.26 Å². The van der Waals surface area contributed by atoms with Crippen molar-refractivity contribution in [3.8, 4) is 6.07 Å². The van der Waals surface area contributed by atoms with E-state index in [0.29, 0.717) is 17.9 Å². The fourth-order valence-corrected chi connectivity index (χ4v) is 5.22. The summed E-state index contributed by atoms with van der Waals surface area (Å²) in [6.07, 6.45) is 3.47. The van der Waals surface area contributed by atoms with Crippen molar-refractivity contribution in [2.75, 3.05) is 6.61 Å². The quantitative estimate of drug-likeness (QED) is 0.454. The third-order valence-corrected chi connectivity index (χ3v) is 6.75. The van der Waals surface area contributed by atoms with Crippen molar-refractivity contribution in [2.24, 2.45) is 0 Å². The Kier molecular flexibility index (Phi) is 7.57. The lowest BCUT2D eigenvalue weighted by Gasteiger charge is -2.36. The summed E-state index contributed by atoms with van der Waals surface area (Å²) >= 11 is 7.39. The Morgan fingerprint density at radius 1 is 1.48 bits per heavy atom. The molecule has 0 spiro atoms. The highest BCUT2D eigenvalue weighted by Gasteiger charge is 2.46. The zero-order valence-electron chi connectivity index (χ0n) is 19.3. The number of carbonyl (C=O) groups is 1. The fourth-order valence-electron chi connectivity index (χ4n) is 3.67. The van der Waals surface area contributed by atoms with Gasteiger partial charge in [0.25, 0.3) is 0 Å². The highest BCUT2D eigenvalue weighted by Crippen LogP contribution is 2.44. The number of pyridine rings is 1. The molecule has 33 heavy (non-hydrogen) atoms. The van der Waals surface area contributed by atoms with Crippen LogP contribution in [-0.4, -0.2) is 40.0 Å². The number of nitrogens with zero attached hydrogens (tertiary/aromatic N) is 3. The number of aromatic nitrogens is 1. The molecule has 1 saturated heterocycles. The highest BCUT2D eigenvalue weighted by molar-refractivity contribution is 7.99. The molecule has 1 aliphatic heterocycles. The normalized spacial score (nSPS) is 18.6. The van der Waals surface area contributed by atoms with Gasteiger partial charge in [-0.25, -0.2) is 9.18 Å². The van der Waals surface area contributed by atoms with Crippen LogP contribution in [0.15, 0.2) is 41.6 Å². The first-order valence-electron chi connectivity index (χ1n) is 10.5. The zero-order chi connectivity index (χ0) is 24.4. The SMILES string of the molecule is CC(C)(C)OC(=O)N1[C@@H](C[C@@H](Sc2cc(Cl)c(F)cc2C#N)c2cccnc2)COC1(C)C. The molecular weight excluding hydrogens is 465 g/mol. The van der Waals surface area contributed by atoms with E-state index in [0.717, 1.165) is 11.6 Å². The summed E-state index contributed by atoms with van der Waals surface area (Å²) in [5.41, 5.74) is -0.387. The lowest BCUT2D eigenvalue weighted by atomic mass is 10.1. The number of amides is 1. The van der Waals surface area contributed by atoms with Crippen molar-refractivity contribution in [3.05, 3.63) is 58.6 Å². The van der Waals surface area contributed by atoms with Crippen LogP contribution in [0.1, 0.15) is 57.4 Å². The Balaban J connectivity index is 1.94. The smallest absolute Gasteiger partial charge is 0.412 e. The lowest BCUT2D eigenvalue weighted by Crippen LogP contribution is -2.50. The van der Waals surface area contributed by atoms with E-state index < -0.39 is 23.2 Å². The molecule has 2 atom stereocenters. The third-order valence-electron chi connectivity index (χ3n) is 5.12. The van der Waals surface area contributed by atoms with Gasteiger partial charge < -0.3 is 9.47 Å². The van der Waals surface area contributed by atoms with Crippen LogP contribution in [0.3, 0.4) is 0 Å². The van der Waals surface area contributed by atoms with Gasteiger partial charge in [-0.15, -0.1) is 11.8 Å². The van der Waals surface area contributed by atoms with Crippen molar-refractivity contribution < 1.29 is 18.7 Å². The molecular formula is C24H27ClFN3O3S. The van der Waals surface area contributed by atoms with Gasteiger partial charge in [0.2, 0.25) is 0 Å². The maximum absolute atomic E-state index is 13.9. The van der Waals surface area contributed by atoms with Crippen molar-refractivity contribution in [3.63, 3.8) is 0 Å². The van der Waals surface area contributed by atoms with Crippen LogP contribution >= 0.6 is 23.4 Å². The maximum Gasteiger partial charge on any atom is 0.412 e. The number of benzene rings is 1. The van der Waals surface area contributed by atoms with Crippen LogP contribution in [0.4, 0.5) is 9.18 Å². The second-order valence-electron chi connectivity index (χ2n) is 9.26. The molecule has 1 aliphatic rings. The summed E-state index contributed by atoms with van der Waals surface area (Å²) in [5, 5.41) is 9.26. The predicted molar refractivity (Wildman–Crippen MR) is 125 cm³/mol. The second kappa shape index (κ2) is 9.88. The highest BCUT2D eigenvalue weighted by atomic mass is 35.5.